The molecule has 2 heterocycles. The molecular weight excluding hydrogens is 572 g/mol. The SMILES string of the molecule is C=C=C(C(=N)/N=C\C(CC)Cc1cccc(F)c1)N1CCN(C(=O)c2cccc(OC)n2)C(CI)C1. The summed E-state index contributed by atoms with van der Waals surface area (Å²) in [5.74, 6) is 0.148. The zero-order valence-corrected chi connectivity index (χ0v) is 22.7. The minimum atomic E-state index is -0.256. The minimum absolute atomic E-state index is 0.0728. The van der Waals surface area contributed by atoms with Crippen molar-refractivity contribution in [2.75, 3.05) is 31.2 Å². The van der Waals surface area contributed by atoms with Gasteiger partial charge in [0.1, 0.15) is 17.2 Å². The second-order valence-electron chi connectivity index (χ2n) is 8.47. The van der Waals surface area contributed by atoms with Gasteiger partial charge in [-0.15, -0.1) is 0 Å². The maximum Gasteiger partial charge on any atom is 0.272 e. The lowest BCUT2D eigenvalue weighted by molar-refractivity contribution is 0.0556. The first-order valence-corrected chi connectivity index (χ1v) is 13.3. The first-order chi connectivity index (χ1) is 17.4. The van der Waals surface area contributed by atoms with Gasteiger partial charge >= 0.3 is 0 Å². The lowest BCUT2D eigenvalue weighted by atomic mass is 9.98. The van der Waals surface area contributed by atoms with Gasteiger partial charge in [-0.1, -0.05) is 60.0 Å². The highest BCUT2D eigenvalue weighted by molar-refractivity contribution is 14.1. The Morgan fingerprint density at radius 1 is 1.39 bits per heavy atom. The van der Waals surface area contributed by atoms with Gasteiger partial charge in [0, 0.05) is 36.3 Å². The van der Waals surface area contributed by atoms with E-state index in [9.17, 15) is 9.18 Å². The summed E-state index contributed by atoms with van der Waals surface area (Å²) in [5, 5.41) is 8.56. The van der Waals surface area contributed by atoms with E-state index in [1.165, 1.54) is 19.2 Å². The molecule has 3 rings (SSSR count). The van der Waals surface area contributed by atoms with Crippen molar-refractivity contribution in [2.45, 2.75) is 25.8 Å². The van der Waals surface area contributed by atoms with Crippen LogP contribution in [0.1, 0.15) is 29.4 Å². The molecule has 0 bridgehead atoms. The van der Waals surface area contributed by atoms with Crippen molar-refractivity contribution in [1.82, 2.24) is 14.8 Å². The van der Waals surface area contributed by atoms with Crippen molar-refractivity contribution < 1.29 is 13.9 Å². The van der Waals surface area contributed by atoms with E-state index in [4.69, 9.17) is 10.1 Å². The number of methoxy groups -OCH3 is 1. The number of rotatable bonds is 9. The van der Waals surface area contributed by atoms with Gasteiger partial charge in [-0.05, 0) is 42.5 Å². The number of ether oxygens (including phenoxy) is 1. The molecule has 2 atom stereocenters. The number of carbonyl (C=O) groups is 1. The number of aliphatic imine (C=N–C) groups is 1. The molecule has 1 aliphatic rings. The number of carbonyl (C=O) groups excluding carboxylic acids is 1. The highest BCUT2D eigenvalue weighted by Gasteiger charge is 2.32. The van der Waals surface area contributed by atoms with Gasteiger partial charge in [0.15, 0.2) is 5.84 Å². The van der Waals surface area contributed by atoms with Crippen LogP contribution in [0.4, 0.5) is 4.39 Å². The number of pyridine rings is 1. The number of hydrogen-bond donors (Lipinski definition) is 1. The van der Waals surface area contributed by atoms with Gasteiger partial charge in [0.2, 0.25) is 5.88 Å². The van der Waals surface area contributed by atoms with Crippen LogP contribution in [0.15, 0.2) is 65.5 Å². The van der Waals surface area contributed by atoms with E-state index in [0.29, 0.717) is 43.3 Å². The molecule has 1 fully saturated rings. The summed E-state index contributed by atoms with van der Waals surface area (Å²) < 4.78 is 19.4. The van der Waals surface area contributed by atoms with Crippen molar-refractivity contribution >= 4 is 40.5 Å². The van der Waals surface area contributed by atoms with E-state index < -0.39 is 0 Å². The van der Waals surface area contributed by atoms with Crippen LogP contribution in [-0.2, 0) is 6.42 Å². The Hall–Kier alpha value is -3.04. The number of hydrogen-bond acceptors (Lipinski definition) is 5. The Kier molecular flexibility index (Phi) is 10.2. The van der Waals surface area contributed by atoms with Gasteiger partial charge in [0.25, 0.3) is 5.91 Å². The highest BCUT2D eigenvalue weighted by atomic mass is 127. The van der Waals surface area contributed by atoms with Crippen LogP contribution >= 0.6 is 22.6 Å². The second kappa shape index (κ2) is 13.3. The molecule has 7 nitrogen and oxygen atoms in total. The Balaban J connectivity index is 1.67. The monoisotopic (exact) mass is 603 g/mol. The molecule has 36 heavy (non-hydrogen) atoms. The molecule has 2 aromatic rings. The lowest BCUT2D eigenvalue weighted by Crippen LogP contribution is -2.56. The fraction of sp³-hybridized carbons (Fsp3) is 0.370. The molecule has 1 aliphatic heterocycles. The average Bonchev–Trinajstić information content (AvgIpc) is 2.91. The minimum Gasteiger partial charge on any atom is -0.481 e. The molecule has 1 saturated heterocycles. The first kappa shape index (κ1) is 27.5. The van der Waals surface area contributed by atoms with Gasteiger partial charge in [0.05, 0.1) is 13.2 Å². The van der Waals surface area contributed by atoms with Crippen molar-refractivity contribution in [3.63, 3.8) is 0 Å². The number of amides is 1. The average molecular weight is 603 g/mol. The molecular formula is C27H31FIN5O2. The van der Waals surface area contributed by atoms with Crippen LogP contribution in [0.2, 0.25) is 0 Å². The van der Waals surface area contributed by atoms with Crippen LogP contribution < -0.4 is 4.74 Å². The zero-order valence-electron chi connectivity index (χ0n) is 20.6. The number of amidine groups is 1. The summed E-state index contributed by atoms with van der Waals surface area (Å²) in [4.78, 5) is 25.7. The van der Waals surface area contributed by atoms with Crippen LogP contribution in [0.5, 0.6) is 5.88 Å². The molecule has 0 aliphatic carbocycles. The third-order valence-electron chi connectivity index (χ3n) is 6.11. The fourth-order valence-electron chi connectivity index (χ4n) is 4.11. The standard InChI is InChI=1S/C27H31FIN5O2/c1-4-19(14-20-8-6-9-21(28)15-20)17-31-26(30)24(5-2)33-12-13-34(22(16-29)18-33)27(35)23-10-7-11-25(32-23)36-3/h6-11,15,17,19,22,30H,2,4,12-14,16,18H2,1,3H3/b30-26?,31-17-. The Labute approximate surface area is 225 Å². The summed E-state index contributed by atoms with van der Waals surface area (Å²) in [6.45, 7) is 7.37. The summed E-state index contributed by atoms with van der Waals surface area (Å²) in [5.41, 5.74) is 4.63. The van der Waals surface area contributed by atoms with Crippen LogP contribution in [0.3, 0.4) is 0 Å². The molecule has 0 spiro atoms. The van der Waals surface area contributed by atoms with Gasteiger partial charge in [-0.3, -0.25) is 10.2 Å². The van der Waals surface area contributed by atoms with E-state index >= 15 is 0 Å². The summed E-state index contributed by atoms with van der Waals surface area (Å²) in [6.07, 6.45) is 3.22. The number of halogens is 2. The number of piperazine rings is 1. The van der Waals surface area contributed by atoms with E-state index in [2.05, 4.69) is 44.9 Å². The van der Waals surface area contributed by atoms with Crippen LogP contribution in [-0.4, -0.2) is 70.0 Å². The highest BCUT2D eigenvalue weighted by Crippen LogP contribution is 2.20. The number of aromatic nitrogens is 1. The molecule has 1 N–H and O–H groups in total. The largest absolute Gasteiger partial charge is 0.481 e. The quantitative estimate of drug-likeness (QED) is 0.147. The summed E-state index contributed by atoms with van der Waals surface area (Å²) in [7, 11) is 1.52. The smallest absolute Gasteiger partial charge is 0.272 e. The van der Waals surface area contributed by atoms with Crippen molar-refractivity contribution in [1.29, 1.82) is 5.41 Å². The summed E-state index contributed by atoms with van der Waals surface area (Å²) >= 11 is 2.27. The first-order valence-electron chi connectivity index (χ1n) is 11.8. The van der Waals surface area contributed by atoms with Gasteiger partial charge < -0.3 is 14.5 Å². The van der Waals surface area contributed by atoms with Crippen LogP contribution in [0.25, 0.3) is 0 Å². The van der Waals surface area contributed by atoms with Gasteiger partial charge in [-0.2, -0.15) is 0 Å². The second-order valence-corrected chi connectivity index (χ2v) is 9.35. The third kappa shape index (κ3) is 7.01. The normalized spacial score (nSPS) is 16.5. The van der Waals surface area contributed by atoms with Gasteiger partial charge in [-0.25, -0.2) is 14.4 Å². The van der Waals surface area contributed by atoms with Crippen LogP contribution in [0, 0.1) is 17.1 Å². The van der Waals surface area contributed by atoms with E-state index in [-0.39, 0.29) is 29.5 Å². The van der Waals surface area contributed by atoms with E-state index in [0.717, 1.165) is 16.4 Å². The van der Waals surface area contributed by atoms with Crippen molar-refractivity contribution in [3.05, 3.63) is 77.5 Å². The Morgan fingerprint density at radius 3 is 2.83 bits per heavy atom. The van der Waals surface area contributed by atoms with Crippen molar-refractivity contribution in [3.8, 4) is 5.88 Å². The molecule has 1 aromatic heterocycles. The number of nitrogens with zero attached hydrogens (tertiary/aromatic N) is 4. The number of benzene rings is 1. The Morgan fingerprint density at radius 2 is 2.17 bits per heavy atom. The molecule has 190 valence electrons. The predicted molar refractivity (Wildman–Crippen MR) is 149 cm³/mol. The Bertz CT molecular complexity index is 1160. The van der Waals surface area contributed by atoms with Crippen molar-refractivity contribution in [2.24, 2.45) is 10.9 Å². The zero-order chi connectivity index (χ0) is 26.1. The fourth-order valence-corrected chi connectivity index (χ4v) is 4.86. The van der Waals surface area contributed by atoms with E-state index in [1.807, 2.05) is 22.8 Å². The summed E-state index contributed by atoms with van der Waals surface area (Å²) in [6, 6.07) is 11.6. The maximum absolute atomic E-state index is 13.5. The maximum atomic E-state index is 13.5. The number of nitrogens with one attached hydrogen (secondary N) is 1. The molecule has 2 unspecified atom stereocenters. The lowest BCUT2D eigenvalue weighted by Gasteiger charge is -2.41. The molecule has 1 aromatic carbocycles. The molecule has 0 saturated carbocycles. The number of alkyl halides is 1. The predicted octanol–water partition coefficient (Wildman–Crippen LogP) is 4.78. The molecule has 9 heteroatoms. The molecule has 0 radical (unpaired) electrons. The topological polar surface area (TPSA) is 81.9 Å². The molecule has 1 amide bonds. The van der Waals surface area contributed by atoms with E-state index in [1.54, 1.807) is 30.5 Å². The third-order valence-corrected chi connectivity index (χ3v) is 7.12.